The maximum atomic E-state index is 9.08. The van der Waals surface area contributed by atoms with Gasteiger partial charge in [0.15, 0.2) is 0 Å². The van der Waals surface area contributed by atoms with Gasteiger partial charge >= 0.3 is 0 Å². The first-order chi connectivity index (χ1) is 23.9. The number of nitrogens with two attached hydrogens (primary N) is 1. The van der Waals surface area contributed by atoms with E-state index in [1.807, 2.05) is 24.3 Å². The summed E-state index contributed by atoms with van der Waals surface area (Å²) in [4.78, 5) is 0. The molecule has 3 aromatic carbocycles. The minimum absolute atomic E-state index is 0. The van der Waals surface area contributed by atoms with E-state index in [-0.39, 0.29) is 30.7 Å². The predicted molar refractivity (Wildman–Crippen MR) is 223 cm³/mol. The Morgan fingerprint density at radius 1 is 0.849 bits per heavy atom. The summed E-state index contributed by atoms with van der Waals surface area (Å²) in [6.45, 7) is 28.0. The monoisotopic (exact) mass is 854 g/mol. The van der Waals surface area contributed by atoms with Gasteiger partial charge in [-0.3, -0.25) is 0 Å². The predicted octanol–water partition coefficient (Wildman–Crippen LogP) is 10.9. The summed E-state index contributed by atoms with van der Waals surface area (Å²) in [6.07, 6.45) is 7.66. The van der Waals surface area contributed by atoms with Crippen molar-refractivity contribution >= 4 is 28.9 Å². The average Bonchev–Trinajstić information content (AvgIpc) is 3.02. The first kappa shape index (κ1) is 48.6. The van der Waals surface area contributed by atoms with Gasteiger partial charge in [-0.25, -0.2) is 8.42 Å². The van der Waals surface area contributed by atoms with E-state index in [4.69, 9.17) is 28.2 Å². The quantitative estimate of drug-likeness (QED) is 0.105. The molecule has 0 heterocycles. The van der Waals surface area contributed by atoms with Gasteiger partial charge < -0.3 is 19.8 Å². The third-order valence-electron chi connectivity index (χ3n) is 8.57. The van der Waals surface area contributed by atoms with Gasteiger partial charge in [0.05, 0.1) is 24.3 Å². The molecule has 0 aliphatic heterocycles. The van der Waals surface area contributed by atoms with Crippen LogP contribution in [-0.2, 0) is 30.5 Å². The second kappa shape index (κ2) is 20.5. The molecule has 0 spiro atoms. The molecule has 2 N–H and O–H groups in total. The summed E-state index contributed by atoms with van der Waals surface area (Å²) in [5.41, 5.74) is 15.0. The van der Waals surface area contributed by atoms with E-state index < -0.39 is 18.0 Å². The number of allylic oxidation sites excluding steroid dienone is 2. The SMILES string of the molecule is COc1[c-]cc(OC)c(-c2c(C(C)C)cc(C(C)C)cc2C(C)C)c1P(C(C)(C)C)C(C)(C)C.CS(=O)(=O)[O-].N[C-]1CC=CC=C1c1ccccc1.[Pd]. The number of benzene rings is 3. The molecule has 53 heavy (non-hydrogen) atoms. The molecule has 1 aliphatic carbocycles. The molecule has 0 unspecified atom stereocenters. The molecule has 0 fully saturated rings. The van der Waals surface area contributed by atoms with Crippen LogP contribution >= 0.6 is 7.92 Å². The fourth-order valence-corrected chi connectivity index (χ4v) is 10.8. The van der Waals surface area contributed by atoms with Gasteiger partial charge in [-0.15, -0.1) is 55.9 Å². The molecule has 0 atom stereocenters. The molecule has 4 rings (SSSR count). The van der Waals surface area contributed by atoms with Crippen molar-refractivity contribution in [2.24, 2.45) is 5.73 Å². The summed E-state index contributed by atoms with van der Waals surface area (Å²) >= 11 is 0. The average molecular weight is 855 g/mol. The van der Waals surface area contributed by atoms with Crippen LogP contribution in [0.4, 0.5) is 0 Å². The van der Waals surface area contributed by atoms with Gasteiger partial charge in [0.1, 0.15) is 0 Å². The van der Waals surface area contributed by atoms with Crippen LogP contribution in [0.3, 0.4) is 0 Å². The zero-order valence-electron chi connectivity index (χ0n) is 34.6. The van der Waals surface area contributed by atoms with Crippen LogP contribution in [-0.4, -0.2) is 43.8 Å². The number of rotatable bonds is 8. The van der Waals surface area contributed by atoms with Crippen LogP contribution in [0.25, 0.3) is 16.7 Å². The maximum absolute atomic E-state index is 9.08. The Labute approximate surface area is 337 Å². The fourth-order valence-electron chi connectivity index (χ4n) is 6.67. The topological polar surface area (TPSA) is 102 Å². The largest absolute Gasteiger partial charge is 0.748 e. The third kappa shape index (κ3) is 14.0. The van der Waals surface area contributed by atoms with Crippen molar-refractivity contribution in [3.05, 3.63) is 101 Å². The van der Waals surface area contributed by atoms with Gasteiger partial charge in [0.25, 0.3) is 0 Å². The Kier molecular flexibility index (Phi) is 18.8. The Balaban J connectivity index is 0.000000603. The van der Waals surface area contributed by atoms with Crippen LogP contribution in [0.15, 0.2) is 66.8 Å². The van der Waals surface area contributed by atoms with Crippen LogP contribution in [0.5, 0.6) is 11.5 Å². The minimum atomic E-state index is -3.92. The molecule has 9 heteroatoms. The Morgan fingerprint density at radius 3 is 1.72 bits per heavy atom. The molecule has 0 saturated carbocycles. The normalized spacial score (nSPS) is 13.2. The Hall–Kier alpha value is -2.43. The molecular weight excluding hydrogens is 792 g/mol. The van der Waals surface area contributed by atoms with E-state index in [2.05, 4.69) is 132 Å². The van der Waals surface area contributed by atoms with E-state index in [1.165, 1.54) is 38.7 Å². The standard InChI is InChI=1S/C31H48O2P.C12H12N.CH4O3S.Pd/c1-19(2)22-17-23(20(3)4)27(24(18-22)21(5)6)28-25(32-13)15-16-26(33-14)29(28)34(30(7,8)9)31(10,11)12;13-12-9-5-4-8-11(12)10-6-2-1-3-7-10;1-5(2,3)4;/h15,17-21H,1-14H3;1-8H,9,13H2;1H3,(H,2,3,4);/q2*-1;;/p-1. The Morgan fingerprint density at radius 2 is 1.34 bits per heavy atom. The van der Waals surface area contributed by atoms with Crippen molar-refractivity contribution in [2.75, 3.05) is 20.5 Å². The van der Waals surface area contributed by atoms with Gasteiger partial charge in [0, 0.05) is 38.2 Å². The molecule has 6 nitrogen and oxygen atoms in total. The van der Waals surface area contributed by atoms with Crippen LogP contribution < -0.4 is 20.5 Å². The molecule has 0 amide bonds. The van der Waals surface area contributed by atoms with Crippen LogP contribution in [0.1, 0.15) is 130 Å². The molecule has 298 valence electrons. The van der Waals surface area contributed by atoms with Gasteiger partial charge in [-0.05, 0) is 56.7 Å². The first-order valence-electron chi connectivity index (χ1n) is 18.0. The molecule has 3 aromatic rings. The number of hydrogen-bond acceptors (Lipinski definition) is 6. The second-order valence-electron chi connectivity index (χ2n) is 16.1. The summed E-state index contributed by atoms with van der Waals surface area (Å²) < 4.78 is 39.4. The van der Waals surface area contributed by atoms with Crippen molar-refractivity contribution in [3.63, 3.8) is 0 Å². The first-order valence-corrected chi connectivity index (χ1v) is 21.2. The van der Waals surface area contributed by atoms with Crippen molar-refractivity contribution in [3.8, 4) is 22.6 Å². The van der Waals surface area contributed by atoms with E-state index in [9.17, 15) is 0 Å². The molecule has 0 radical (unpaired) electrons. The van der Waals surface area contributed by atoms with Crippen molar-refractivity contribution < 1.29 is 42.9 Å². The van der Waals surface area contributed by atoms with E-state index in [1.54, 1.807) is 14.2 Å². The maximum Gasteiger partial charge on any atom is 0.0916 e. The van der Waals surface area contributed by atoms with Gasteiger partial charge in [0.2, 0.25) is 0 Å². The number of hydrogen-bond donors (Lipinski definition) is 1. The van der Waals surface area contributed by atoms with Gasteiger partial charge in [-0.2, -0.15) is 11.6 Å². The summed E-state index contributed by atoms with van der Waals surface area (Å²) in [7, 11) is -1.01. The van der Waals surface area contributed by atoms with Crippen LogP contribution in [0.2, 0.25) is 0 Å². The third-order valence-corrected chi connectivity index (χ3v) is 12.1. The molecule has 0 bridgehead atoms. The van der Waals surface area contributed by atoms with E-state index in [0.717, 1.165) is 29.5 Å². The minimum Gasteiger partial charge on any atom is -0.748 e. The zero-order valence-corrected chi connectivity index (χ0v) is 37.8. The molecular formula is C44H63NO5PPdS-3. The van der Waals surface area contributed by atoms with E-state index in [0.29, 0.717) is 24.0 Å². The smallest absolute Gasteiger partial charge is 0.0916 e. The van der Waals surface area contributed by atoms with Crippen molar-refractivity contribution in [2.45, 2.75) is 118 Å². The number of ether oxygens (including phenoxy) is 2. The fraction of sp³-hybridized carbons (Fsp3) is 0.477. The van der Waals surface area contributed by atoms with E-state index >= 15 is 0 Å². The molecule has 0 aromatic heterocycles. The number of methoxy groups -OCH3 is 2. The zero-order chi connectivity index (χ0) is 39.8. The van der Waals surface area contributed by atoms with Crippen LogP contribution in [0, 0.1) is 12.1 Å². The summed E-state index contributed by atoms with van der Waals surface area (Å²) in [5.74, 6) is 2.98. The summed E-state index contributed by atoms with van der Waals surface area (Å²) in [6, 6.07) is 21.5. The molecule has 0 saturated heterocycles. The van der Waals surface area contributed by atoms with Gasteiger partial charge in [-0.1, -0.05) is 124 Å². The van der Waals surface area contributed by atoms with Crippen molar-refractivity contribution in [1.29, 1.82) is 0 Å². The van der Waals surface area contributed by atoms with Crippen molar-refractivity contribution in [1.82, 2.24) is 0 Å². The summed E-state index contributed by atoms with van der Waals surface area (Å²) in [5, 5.41) is 1.42. The second-order valence-corrected chi connectivity index (χ2v) is 21.3. The Bertz CT molecular complexity index is 1740. The molecule has 1 aliphatic rings.